The van der Waals surface area contributed by atoms with Gasteiger partial charge in [-0.25, -0.2) is 0 Å². The lowest BCUT2D eigenvalue weighted by Crippen LogP contribution is -2.32. The lowest BCUT2D eigenvalue weighted by molar-refractivity contribution is -0.132. The number of nitrogens with zero attached hydrogens (tertiary/aromatic N) is 2. The number of thiophene rings is 1. The molecule has 1 aliphatic rings. The van der Waals surface area contributed by atoms with Crippen LogP contribution in [0.1, 0.15) is 36.1 Å². The fourth-order valence-electron chi connectivity index (χ4n) is 2.50. The third-order valence-electron chi connectivity index (χ3n) is 3.80. The van der Waals surface area contributed by atoms with Gasteiger partial charge in [-0.2, -0.15) is 0 Å². The average molecular weight is 300 g/mol. The van der Waals surface area contributed by atoms with E-state index in [9.17, 15) is 4.79 Å². The summed E-state index contributed by atoms with van der Waals surface area (Å²) < 4.78 is 0. The Hall–Kier alpha value is -1.68. The van der Waals surface area contributed by atoms with Gasteiger partial charge < -0.3 is 4.90 Å². The number of rotatable bonds is 7. The van der Waals surface area contributed by atoms with Gasteiger partial charge in [-0.15, -0.1) is 11.3 Å². The second-order valence-electron chi connectivity index (χ2n) is 5.54. The third-order valence-corrected chi connectivity index (χ3v) is 4.74. The van der Waals surface area contributed by atoms with Crippen molar-refractivity contribution in [3.8, 4) is 0 Å². The number of carbonyl (C=O) groups excluding carboxylic acids is 1. The topological polar surface area (TPSA) is 33.2 Å². The molecule has 0 unspecified atom stereocenters. The van der Waals surface area contributed by atoms with E-state index < -0.39 is 0 Å². The van der Waals surface area contributed by atoms with Crippen molar-refractivity contribution in [2.45, 2.75) is 44.7 Å². The molecule has 0 N–H and O–H groups in total. The molecular weight excluding hydrogens is 280 g/mol. The van der Waals surface area contributed by atoms with Crippen LogP contribution in [-0.2, 0) is 17.8 Å². The molecule has 0 aliphatic heterocycles. The maximum atomic E-state index is 12.5. The van der Waals surface area contributed by atoms with E-state index in [1.807, 2.05) is 12.1 Å². The van der Waals surface area contributed by atoms with Crippen LogP contribution in [0.25, 0.3) is 0 Å². The smallest absolute Gasteiger partial charge is 0.223 e. The molecule has 1 fully saturated rings. The van der Waals surface area contributed by atoms with E-state index in [-0.39, 0.29) is 0 Å². The normalized spacial score (nSPS) is 14.1. The zero-order valence-corrected chi connectivity index (χ0v) is 12.9. The van der Waals surface area contributed by atoms with Crippen molar-refractivity contribution in [1.82, 2.24) is 9.88 Å². The molecule has 0 bridgehead atoms. The number of aromatic nitrogens is 1. The van der Waals surface area contributed by atoms with Crippen LogP contribution < -0.4 is 0 Å². The van der Waals surface area contributed by atoms with E-state index in [1.54, 1.807) is 23.7 Å². The molecule has 1 aliphatic carbocycles. The molecule has 1 saturated carbocycles. The number of amides is 1. The summed E-state index contributed by atoms with van der Waals surface area (Å²) in [5, 5.41) is 2.09. The van der Waals surface area contributed by atoms with Crippen LogP contribution in [0, 0.1) is 0 Å². The third kappa shape index (κ3) is 4.14. The molecule has 0 atom stereocenters. The predicted octanol–water partition coefficient (Wildman–Crippen LogP) is 3.66. The Kier molecular flexibility index (Phi) is 4.65. The Morgan fingerprint density at radius 1 is 1.29 bits per heavy atom. The van der Waals surface area contributed by atoms with E-state index in [4.69, 9.17) is 0 Å². The predicted molar refractivity (Wildman–Crippen MR) is 85.1 cm³/mol. The molecule has 21 heavy (non-hydrogen) atoms. The molecule has 3 rings (SSSR count). The number of aryl methyl sites for hydroxylation is 1. The molecule has 1 amide bonds. The minimum absolute atomic E-state index is 0.297. The van der Waals surface area contributed by atoms with E-state index in [1.165, 1.54) is 10.4 Å². The Bertz CT molecular complexity index is 564. The molecule has 0 spiro atoms. The summed E-state index contributed by atoms with van der Waals surface area (Å²) in [4.78, 5) is 19.9. The Labute approximate surface area is 129 Å². The van der Waals surface area contributed by atoms with Crippen LogP contribution in [0.2, 0.25) is 0 Å². The largest absolute Gasteiger partial charge is 0.335 e. The van der Waals surface area contributed by atoms with Crippen molar-refractivity contribution in [3.05, 3.63) is 52.5 Å². The van der Waals surface area contributed by atoms with Crippen LogP contribution in [0.4, 0.5) is 0 Å². The Morgan fingerprint density at radius 2 is 2.10 bits per heavy atom. The number of hydrogen-bond acceptors (Lipinski definition) is 3. The van der Waals surface area contributed by atoms with E-state index in [0.717, 1.165) is 32.2 Å². The first-order valence-electron chi connectivity index (χ1n) is 7.53. The molecule has 2 aromatic rings. The van der Waals surface area contributed by atoms with E-state index >= 15 is 0 Å². The van der Waals surface area contributed by atoms with Crippen molar-refractivity contribution in [3.63, 3.8) is 0 Å². The number of carbonyl (C=O) groups is 1. The minimum Gasteiger partial charge on any atom is -0.335 e. The maximum Gasteiger partial charge on any atom is 0.223 e. The van der Waals surface area contributed by atoms with Crippen LogP contribution in [0.5, 0.6) is 0 Å². The monoisotopic (exact) mass is 300 g/mol. The summed E-state index contributed by atoms with van der Waals surface area (Å²) in [5.41, 5.74) is 1.17. The number of hydrogen-bond donors (Lipinski definition) is 0. The van der Waals surface area contributed by atoms with Crippen LogP contribution in [0.3, 0.4) is 0 Å². The molecule has 110 valence electrons. The van der Waals surface area contributed by atoms with Crippen molar-refractivity contribution < 1.29 is 4.79 Å². The molecule has 4 heteroatoms. The van der Waals surface area contributed by atoms with Crippen LogP contribution >= 0.6 is 11.3 Å². The van der Waals surface area contributed by atoms with Crippen molar-refractivity contribution in [2.24, 2.45) is 0 Å². The molecule has 3 nitrogen and oxygen atoms in total. The standard InChI is InChI=1S/C17H20N2OS/c20-17(5-1-3-16-4-2-12-21-16)19(15-6-7-15)13-14-8-10-18-11-9-14/h2,4,8-12,15H,1,3,5-7,13H2. The summed E-state index contributed by atoms with van der Waals surface area (Å²) in [5.74, 6) is 0.297. The first-order valence-corrected chi connectivity index (χ1v) is 8.41. The Balaban J connectivity index is 1.52. The quantitative estimate of drug-likeness (QED) is 0.782. The zero-order valence-electron chi connectivity index (χ0n) is 12.1. The molecule has 0 radical (unpaired) electrons. The van der Waals surface area contributed by atoms with Gasteiger partial charge in [-0.1, -0.05) is 6.07 Å². The van der Waals surface area contributed by atoms with Gasteiger partial charge in [0, 0.05) is 36.3 Å². The minimum atomic E-state index is 0.297. The van der Waals surface area contributed by atoms with Gasteiger partial charge in [-0.3, -0.25) is 9.78 Å². The summed E-state index contributed by atoms with van der Waals surface area (Å²) >= 11 is 1.77. The number of pyridine rings is 1. The first-order chi connectivity index (χ1) is 10.3. The maximum absolute atomic E-state index is 12.5. The summed E-state index contributed by atoms with van der Waals surface area (Å²) in [7, 11) is 0. The van der Waals surface area contributed by atoms with Crippen molar-refractivity contribution >= 4 is 17.2 Å². The highest BCUT2D eigenvalue weighted by Gasteiger charge is 2.32. The summed E-state index contributed by atoms with van der Waals surface area (Å²) in [6.45, 7) is 0.727. The second-order valence-corrected chi connectivity index (χ2v) is 6.57. The first kappa shape index (κ1) is 14.3. The van der Waals surface area contributed by atoms with Crippen LogP contribution in [0.15, 0.2) is 42.0 Å². The molecule has 0 aromatic carbocycles. The lowest BCUT2D eigenvalue weighted by atomic mass is 10.2. The van der Waals surface area contributed by atoms with Gasteiger partial charge >= 0.3 is 0 Å². The molecule has 2 aromatic heterocycles. The fraction of sp³-hybridized carbons (Fsp3) is 0.412. The van der Waals surface area contributed by atoms with Gasteiger partial charge in [0.2, 0.25) is 5.91 Å². The van der Waals surface area contributed by atoms with Gasteiger partial charge in [0.1, 0.15) is 0 Å². The second kappa shape index (κ2) is 6.85. The van der Waals surface area contributed by atoms with Gasteiger partial charge in [0.05, 0.1) is 0 Å². The highest BCUT2D eigenvalue weighted by atomic mass is 32.1. The van der Waals surface area contributed by atoms with Gasteiger partial charge in [0.25, 0.3) is 0 Å². The van der Waals surface area contributed by atoms with Crippen molar-refractivity contribution in [2.75, 3.05) is 0 Å². The van der Waals surface area contributed by atoms with Crippen LogP contribution in [-0.4, -0.2) is 21.8 Å². The Morgan fingerprint density at radius 3 is 2.76 bits per heavy atom. The fourth-order valence-corrected chi connectivity index (χ4v) is 3.26. The molecule has 0 saturated heterocycles. The lowest BCUT2D eigenvalue weighted by Gasteiger charge is -2.22. The van der Waals surface area contributed by atoms with E-state index in [0.29, 0.717) is 18.4 Å². The highest BCUT2D eigenvalue weighted by Crippen LogP contribution is 2.29. The van der Waals surface area contributed by atoms with Gasteiger partial charge in [0.15, 0.2) is 0 Å². The highest BCUT2D eigenvalue weighted by molar-refractivity contribution is 7.09. The van der Waals surface area contributed by atoms with E-state index in [2.05, 4.69) is 27.4 Å². The van der Waals surface area contributed by atoms with Gasteiger partial charge in [-0.05, 0) is 54.8 Å². The summed E-state index contributed by atoms with van der Waals surface area (Å²) in [6.07, 6.45) is 8.50. The molecule has 2 heterocycles. The molecular formula is C17H20N2OS. The zero-order chi connectivity index (χ0) is 14.5. The average Bonchev–Trinajstić information content (AvgIpc) is 3.22. The van der Waals surface area contributed by atoms with Crippen molar-refractivity contribution in [1.29, 1.82) is 0 Å². The SMILES string of the molecule is O=C(CCCc1cccs1)N(Cc1ccncc1)C1CC1. The summed E-state index contributed by atoms with van der Waals surface area (Å²) in [6, 6.07) is 8.67.